The highest BCUT2D eigenvalue weighted by Crippen LogP contribution is 2.43. The van der Waals surface area contributed by atoms with Crippen molar-refractivity contribution in [1.29, 1.82) is 0 Å². The van der Waals surface area contributed by atoms with Gasteiger partial charge < -0.3 is 19.3 Å². The molecule has 8 nitrogen and oxygen atoms in total. The first-order valence-electron chi connectivity index (χ1n) is 18.7. The van der Waals surface area contributed by atoms with Crippen LogP contribution in [0.1, 0.15) is 57.7 Å². The second-order valence-electron chi connectivity index (χ2n) is 14.2. The van der Waals surface area contributed by atoms with E-state index >= 15 is 0 Å². The molecule has 12 heteroatoms. The molecule has 0 bridgehead atoms. The first-order valence-corrected chi connectivity index (χ1v) is 20.2. The van der Waals surface area contributed by atoms with E-state index in [0.29, 0.717) is 32.9 Å². The molecular weight excluding hydrogens is 814 g/mol. The van der Waals surface area contributed by atoms with Crippen molar-refractivity contribution in [3.63, 3.8) is 0 Å². The SMILES string of the molecule is CN1C(=O)[C@@H](Cc2ccncc2)O[C@H](c2ccc(Cl)cc2)[C@@H]1c1ccc(Cl)cc1.CN1C(=O)[C@H](Cc2ccncc2)O[C@@H](c2ccc(Cl)cc2)[C@H]1c1ccc(Cl)cc1. The Morgan fingerprint density at radius 1 is 0.448 bits per heavy atom. The summed E-state index contributed by atoms with van der Waals surface area (Å²) in [5.41, 5.74) is 5.88. The van der Waals surface area contributed by atoms with Gasteiger partial charge in [0, 0.05) is 71.8 Å². The van der Waals surface area contributed by atoms with E-state index in [4.69, 9.17) is 55.9 Å². The molecule has 2 aliphatic heterocycles. The van der Waals surface area contributed by atoms with Crippen LogP contribution in [0.25, 0.3) is 0 Å². The fourth-order valence-corrected chi connectivity index (χ4v) is 7.94. The zero-order valence-electron chi connectivity index (χ0n) is 31.7. The molecule has 2 amide bonds. The molecular formula is C46H40Cl4N4O4. The molecule has 0 spiro atoms. The summed E-state index contributed by atoms with van der Waals surface area (Å²) in [6, 6.07) is 37.3. The second-order valence-corrected chi connectivity index (χ2v) is 15.9. The molecule has 0 aliphatic carbocycles. The number of morpholine rings is 2. The summed E-state index contributed by atoms with van der Waals surface area (Å²) in [5, 5.41) is 2.62. The molecule has 0 N–H and O–H groups in total. The molecule has 4 heterocycles. The summed E-state index contributed by atoms with van der Waals surface area (Å²) in [6.45, 7) is 0. The van der Waals surface area contributed by atoms with Crippen LogP contribution in [-0.2, 0) is 31.9 Å². The van der Waals surface area contributed by atoms with E-state index in [1.165, 1.54) is 0 Å². The lowest BCUT2D eigenvalue weighted by atomic mass is 9.91. The number of carbonyl (C=O) groups excluding carboxylic acids is 2. The number of aromatic nitrogens is 2. The Kier molecular flexibility index (Phi) is 13.4. The van der Waals surface area contributed by atoms with Crippen molar-refractivity contribution in [2.75, 3.05) is 14.1 Å². The standard InChI is InChI=1S/2C23H20Cl2N2O2/c2*1-27-21(16-2-6-18(24)7-3-16)22(17-4-8-19(25)9-5-17)29-20(23(27)28)14-15-10-12-26-13-11-15/h2*2-13,20-22H,14H2,1H3/t2*20-,21+,22-/m10/s1. The molecule has 0 radical (unpaired) electrons. The third-order valence-corrected chi connectivity index (χ3v) is 11.4. The number of carbonyl (C=O) groups is 2. The number of ether oxygens (including phenoxy) is 2. The van der Waals surface area contributed by atoms with Gasteiger partial charge in [-0.1, -0.05) is 94.9 Å². The molecule has 2 aliphatic rings. The van der Waals surface area contributed by atoms with Crippen molar-refractivity contribution < 1.29 is 19.1 Å². The summed E-state index contributed by atoms with van der Waals surface area (Å²) in [7, 11) is 3.65. The Bertz CT molecular complexity index is 2120. The molecule has 58 heavy (non-hydrogen) atoms. The number of benzene rings is 4. The number of rotatable bonds is 8. The molecule has 2 saturated heterocycles. The van der Waals surface area contributed by atoms with Crippen LogP contribution in [-0.4, -0.2) is 57.9 Å². The van der Waals surface area contributed by atoms with Crippen molar-refractivity contribution in [2.45, 2.75) is 49.3 Å². The van der Waals surface area contributed by atoms with Gasteiger partial charge in [0.25, 0.3) is 11.8 Å². The number of likely N-dealkylation sites (N-methyl/N-ethyl adjacent to an activating group) is 2. The summed E-state index contributed by atoms with van der Waals surface area (Å²) >= 11 is 24.3. The van der Waals surface area contributed by atoms with Crippen LogP contribution in [0.2, 0.25) is 20.1 Å². The van der Waals surface area contributed by atoms with Crippen LogP contribution in [0.4, 0.5) is 0 Å². The average molecular weight is 855 g/mol. The first-order chi connectivity index (χ1) is 28.0. The van der Waals surface area contributed by atoms with Gasteiger partial charge in [-0.3, -0.25) is 19.6 Å². The average Bonchev–Trinajstić information content (AvgIpc) is 3.24. The van der Waals surface area contributed by atoms with E-state index in [9.17, 15) is 9.59 Å². The summed E-state index contributed by atoms with van der Waals surface area (Å²) in [5.74, 6) is -0.0982. The molecule has 2 fully saturated rings. The van der Waals surface area contributed by atoms with Gasteiger partial charge in [0.2, 0.25) is 0 Å². The van der Waals surface area contributed by atoms with Crippen LogP contribution in [0.3, 0.4) is 0 Å². The number of amides is 2. The smallest absolute Gasteiger partial charge is 0.252 e. The summed E-state index contributed by atoms with van der Waals surface area (Å²) < 4.78 is 12.8. The van der Waals surface area contributed by atoms with Gasteiger partial charge in [0.15, 0.2) is 0 Å². The number of hydrogen-bond acceptors (Lipinski definition) is 6. The zero-order valence-corrected chi connectivity index (χ0v) is 34.7. The van der Waals surface area contributed by atoms with Crippen molar-refractivity contribution >= 4 is 58.2 Å². The Morgan fingerprint density at radius 2 is 0.724 bits per heavy atom. The Labute approximate surface area is 358 Å². The van der Waals surface area contributed by atoms with Gasteiger partial charge in [0.1, 0.15) is 24.4 Å². The van der Waals surface area contributed by atoms with Crippen LogP contribution in [0.15, 0.2) is 146 Å². The Morgan fingerprint density at radius 3 is 1.02 bits per heavy atom. The van der Waals surface area contributed by atoms with Crippen molar-refractivity contribution in [3.05, 3.63) is 200 Å². The van der Waals surface area contributed by atoms with E-state index < -0.39 is 12.2 Å². The summed E-state index contributed by atoms with van der Waals surface area (Å²) in [4.78, 5) is 37.9. The predicted molar refractivity (Wildman–Crippen MR) is 228 cm³/mol. The lowest BCUT2D eigenvalue weighted by Gasteiger charge is -2.43. The summed E-state index contributed by atoms with van der Waals surface area (Å²) in [6.07, 6.45) is 6.05. The van der Waals surface area contributed by atoms with Crippen LogP contribution < -0.4 is 0 Å². The van der Waals surface area contributed by atoms with Crippen LogP contribution in [0, 0.1) is 0 Å². The highest BCUT2D eigenvalue weighted by Gasteiger charge is 2.43. The largest absolute Gasteiger partial charge is 0.358 e. The maximum atomic E-state index is 13.1. The van der Waals surface area contributed by atoms with Crippen LogP contribution >= 0.6 is 46.4 Å². The van der Waals surface area contributed by atoms with Gasteiger partial charge in [-0.05, 0) is 106 Å². The fourth-order valence-electron chi connectivity index (χ4n) is 7.43. The van der Waals surface area contributed by atoms with E-state index in [-0.39, 0.29) is 36.1 Å². The van der Waals surface area contributed by atoms with Crippen molar-refractivity contribution in [3.8, 4) is 0 Å². The highest BCUT2D eigenvalue weighted by molar-refractivity contribution is 6.31. The molecule has 2 aromatic heterocycles. The van der Waals surface area contributed by atoms with E-state index in [0.717, 1.165) is 33.4 Å². The van der Waals surface area contributed by atoms with Gasteiger partial charge in [-0.2, -0.15) is 0 Å². The molecule has 8 rings (SSSR count). The highest BCUT2D eigenvalue weighted by atomic mass is 35.5. The van der Waals surface area contributed by atoms with Crippen molar-refractivity contribution in [2.24, 2.45) is 0 Å². The third-order valence-electron chi connectivity index (χ3n) is 10.4. The minimum atomic E-state index is -0.577. The number of nitrogens with zero attached hydrogens (tertiary/aromatic N) is 4. The van der Waals surface area contributed by atoms with Crippen molar-refractivity contribution in [1.82, 2.24) is 19.8 Å². The lowest BCUT2D eigenvalue weighted by molar-refractivity contribution is -0.171. The maximum absolute atomic E-state index is 13.1. The predicted octanol–water partition coefficient (Wildman–Crippen LogP) is 10.5. The Balaban J connectivity index is 0.000000177. The topological polar surface area (TPSA) is 84.9 Å². The van der Waals surface area contributed by atoms with Gasteiger partial charge in [-0.15, -0.1) is 0 Å². The Hall–Kier alpha value is -4.80. The normalized spacial score (nSPS) is 22.0. The zero-order chi connectivity index (χ0) is 40.8. The molecule has 6 atom stereocenters. The van der Waals surface area contributed by atoms with E-state index in [1.54, 1.807) is 34.6 Å². The minimum Gasteiger partial charge on any atom is -0.358 e. The van der Waals surface area contributed by atoms with Gasteiger partial charge >= 0.3 is 0 Å². The molecule has 0 saturated carbocycles. The number of pyridine rings is 2. The molecule has 6 aromatic rings. The first kappa shape index (κ1) is 41.4. The fraction of sp³-hybridized carbons (Fsp3) is 0.217. The van der Waals surface area contributed by atoms with Crippen LogP contribution in [0.5, 0.6) is 0 Å². The monoisotopic (exact) mass is 852 g/mol. The number of hydrogen-bond donors (Lipinski definition) is 0. The minimum absolute atomic E-state index is 0.0491. The van der Waals surface area contributed by atoms with Gasteiger partial charge in [-0.25, -0.2) is 0 Å². The second kappa shape index (κ2) is 18.9. The maximum Gasteiger partial charge on any atom is 0.252 e. The van der Waals surface area contributed by atoms with Gasteiger partial charge in [0.05, 0.1) is 12.1 Å². The number of halogens is 4. The van der Waals surface area contributed by atoms with E-state index in [2.05, 4.69) is 9.97 Å². The lowest BCUT2D eigenvalue weighted by Crippen LogP contribution is -2.49. The molecule has 4 aromatic carbocycles. The van der Waals surface area contributed by atoms with E-state index in [1.807, 2.05) is 135 Å². The molecule has 296 valence electrons. The molecule has 0 unspecified atom stereocenters. The quantitative estimate of drug-likeness (QED) is 0.152. The third kappa shape index (κ3) is 9.72.